The minimum atomic E-state index is -3.08. The van der Waals surface area contributed by atoms with E-state index < -0.39 is 19.2 Å². The van der Waals surface area contributed by atoms with E-state index in [-0.39, 0.29) is 12.6 Å². The van der Waals surface area contributed by atoms with Gasteiger partial charge in [0.2, 0.25) is 0 Å². The lowest BCUT2D eigenvalue weighted by atomic mass is 9.97. The van der Waals surface area contributed by atoms with Gasteiger partial charge in [-0.1, -0.05) is 0 Å². The molecule has 0 aromatic heterocycles. The van der Waals surface area contributed by atoms with Crippen LogP contribution in [0.1, 0.15) is 47.0 Å². The maximum atomic E-state index is 12.2. The molecule has 0 bridgehead atoms. The first-order chi connectivity index (χ1) is 9.28. The zero-order chi connectivity index (χ0) is 15.6. The van der Waals surface area contributed by atoms with Crippen LogP contribution in [0, 0.1) is 0 Å². The molecule has 0 fully saturated rings. The van der Waals surface area contributed by atoms with Crippen molar-refractivity contribution in [1.82, 2.24) is 0 Å². The second-order valence-corrected chi connectivity index (χ2v) is 6.94. The Hall–Kier alpha value is -0.420. The predicted octanol–water partition coefficient (Wildman–Crippen LogP) is 2.74. The third-order valence-electron chi connectivity index (χ3n) is 2.63. The second-order valence-electron chi connectivity index (χ2n) is 4.75. The van der Waals surface area contributed by atoms with Crippen molar-refractivity contribution in [2.45, 2.75) is 52.6 Å². The van der Waals surface area contributed by atoms with E-state index in [1.807, 2.05) is 0 Å². The largest absolute Gasteiger partial charge is 0.466 e. The maximum absolute atomic E-state index is 12.2. The third-order valence-corrected chi connectivity index (χ3v) is 4.80. The van der Waals surface area contributed by atoms with E-state index in [1.165, 1.54) is 0 Å². The lowest BCUT2D eigenvalue weighted by molar-refractivity contribution is -0.148. The Kier molecular flexibility index (Phi) is 9.30. The summed E-state index contributed by atoms with van der Waals surface area (Å²) in [5, 5.41) is 10.1. The van der Waals surface area contributed by atoms with Crippen molar-refractivity contribution < 1.29 is 28.3 Å². The fraction of sp³-hybridized carbons (Fsp3) is 0.923. The first-order valence-electron chi connectivity index (χ1n) is 7.04. The van der Waals surface area contributed by atoms with Crippen molar-refractivity contribution in [3.63, 3.8) is 0 Å². The van der Waals surface area contributed by atoms with Crippen LogP contribution in [0.4, 0.5) is 0 Å². The second kappa shape index (κ2) is 9.50. The highest BCUT2D eigenvalue weighted by atomic mass is 31.2. The first kappa shape index (κ1) is 19.6. The Labute approximate surface area is 121 Å². The van der Waals surface area contributed by atoms with Crippen LogP contribution in [0.5, 0.6) is 0 Å². The van der Waals surface area contributed by atoms with Crippen molar-refractivity contribution in [3.05, 3.63) is 0 Å². The Morgan fingerprint density at radius 2 is 1.70 bits per heavy atom. The fourth-order valence-electron chi connectivity index (χ4n) is 1.82. The van der Waals surface area contributed by atoms with Gasteiger partial charge in [-0.05, 0) is 40.5 Å². The van der Waals surface area contributed by atoms with Crippen molar-refractivity contribution in [1.29, 1.82) is 0 Å². The van der Waals surface area contributed by atoms with Gasteiger partial charge in [0.25, 0.3) is 0 Å². The molecule has 0 radical (unpaired) electrons. The number of hydrogen-bond acceptors (Lipinski definition) is 6. The highest BCUT2D eigenvalue weighted by Crippen LogP contribution is 2.49. The molecule has 0 rings (SSSR count). The molecule has 0 spiro atoms. The molecule has 0 heterocycles. The fourth-order valence-corrected chi connectivity index (χ4v) is 3.49. The lowest BCUT2D eigenvalue weighted by Crippen LogP contribution is -2.29. The molecular weight excluding hydrogens is 283 g/mol. The summed E-state index contributed by atoms with van der Waals surface area (Å²) >= 11 is 0. The maximum Gasteiger partial charge on any atom is 0.330 e. The molecule has 0 aliphatic heterocycles. The van der Waals surface area contributed by atoms with Crippen molar-refractivity contribution in [2.75, 3.05) is 26.0 Å². The van der Waals surface area contributed by atoms with Gasteiger partial charge in [-0.15, -0.1) is 0 Å². The van der Waals surface area contributed by atoms with Gasteiger partial charge >= 0.3 is 13.6 Å². The van der Waals surface area contributed by atoms with Crippen molar-refractivity contribution in [2.24, 2.45) is 0 Å². The van der Waals surface area contributed by atoms with Crippen LogP contribution in [0.25, 0.3) is 0 Å². The molecule has 1 unspecified atom stereocenters. The number of esters is 1. The van der Waals surface area contributed by atoms with E-state index >= 15 is 0 Å². The van der Waals surface area contributed by atoms with Crippen LogP contribution < -0.4 is 0 Å². The molecule has 1 N–H and O–H groups in total. The monoisotopic (exact) mass is 310 g/mol. The predicted molar refractivity (Wildman–Crippen MR) is 76.8 cm³/mol. The zero-order valence-corrected chi connectivity index (χ0v) is 13.8. The van der Waals surface area contributed by atoms with E-state index in [2.05, 4.69) is 0 Å². The van der Waals surface area contributed by atoms with Gasteiger partial charge < -0.3 is 18.9 Å². The number of rotatable bonds is 11. The summed E-state index contributed by atoms with van der Waals surface area (Å²) in [6, 6.07) is 0. The molecule has 120 valence electrons. The molecule has 1 atom stereocenters. The molecule has 0 aromatic rings. The van der Waals surface area contributed by atoms with Crippen LogP contribution in [0.3, 0.4) is 0 Å². The van der Waals surface area contributed by atoms with Gasteiger partial charge in [0, 0.05) is 0 Å². The minimum Gasteiger partial charge on any atom is -0.466 e. The Morgan fingerprint density at radius 3 is 2.15 bits per heavy atom. The van der Waals surface area contributed by atoms with Crippen molar-refractivity contribution in [3.8, 4) is 0 Å². The molecule has 0 saturated heterocycles. The highest BCUT2D eigenvalue weighted by molar-refractivity contribution is 7.53. The summed E-state index contributed by atoms with van der Waals surface area (Å²) in [6.07, 6.45) is 0.932. The number of aliphatic hydroxyl groups is 1. The van der Waals surface area contributed by atoms with Gasteiger partial charge in [-0.2, -0.15) is 0 Å². The summed E-state index contributed by atoms with van der Waals surface area (Å²) in [7, 11) is -3.08. The SMILES string of the molecule is CCOC(=O)CC(C)(O)CCCP(=O)(OCC)OCC. The Morgan fingerprint density at radius 1 is 1.15 bits per heavy atom. The molecule has 0 saturated carbocycles. The van der Waals surface area contributed by atoms with Gasteiger partial charge in [0.05, 0.1) is 38.0 Å². The average Bonchev–Trinajstić information content (AvgIpc) is 2.28. The smallest absolute Gasteiger partial charge is 0.330 e. The van der Waals surface area contributed by atoms with E-state index in [9.17, 15) is 14.5 Å². The lowest BCUT2D eigenvalue weighted by Gasteiger charge is -2.23. The number of ether oxygens (including phenoxy) is 1. The van der Waals surface area contributed by atoms with Gasteiger partial charge in [0.15, 0.2) is 0 Å². The van der Waals surface area contributed by atoms with Gasteiger partial charge in [-0.25, -0.2) is 0 Å². The normalized spacial score (nSPS) is 14.8. The van der Waals surface area contributed by atoms with Crippen molar-refractivity contribution >= 4 is 13.6 Å². The summed E-state index contributed by atoms with van der Waals surface area (Å²) in [6.45, 7) is 7.71. The topological polar surface area (TPSA) is 82.1 Å². The molecule has 20 heavy (non-hydrogen) atoms. The number of carbonyl (C=O) groups is 1. The number of hydrogen-bond donors (Lipinski definition) is 1. The summed E-state index contributed by atoms with van der Waals surface area (Å²) in [4.78, 5) is 11.3. The summed E-state index contributed by atoms with van der Waals surface area (Å²) < 4.78 is 27.3. The van der Waals surface area contributed by atoms with E-state index in [1.54, 1.807) is 27.7 Å². The standard InChI is InChI=1S/C13H27O6P/c1-5-17-12(14)11-13(4,15)9-8-10-20(16,18-6-2)19-7-3/h15H,5-11H2,1-4H3. The van der Waals surface area contributed by atoms with Crippen LogP contribution in [-0.4, -0.2) is 42.7 Å². The molecule has 7 heteroatoms. The Balaban J connectivity index is 4.24. The molecule has 0 aromatic carbocycles. The molecule has 6 nitrogen and oxygen atoms in total. The summed E-state index contributed by atoms with van der Waals surface area (Å²) in [5.74, 6) is -0.435. The van der Waals surface area contributed by atoms with Crippen LogP contribution in [0.2, 0.25) is 0 Å². The van der Waals surface area contributed by atoms with Crippen LogP contribution in [-0.2, 0) is 23.1 Å². The molecular formula is C13H27O6P. The van der Waals surface area contributed by atoms with Gasteiger partial charge in [0.1, 0.15) is 0 Å². The van der Waals surface area contributed by atoms with E-state index in [0.29, 0.717) is 32.7 Å². The molecule has 0 aliphatic rings. The third kappa shape index (κ3) is 8.69. The quantitative estimate of drug-likeness (QED) is 0.467. The van der Waals surface area contributed by atoms with E-state index in [4.69, 9.17) is 13.8 Å². The van der Waals surface area contributed by atoms with Crippen LogP contribution in [0.15, 0.2) is 0 Å². The van der Waals surface area contributed by atoms with E-state index in [0.717, 1.165) is 0 Å². The minimum absolute atomic E-state index is 0.0750. The highest BCUT2D eigenvalue weighted by Gasteiger charge is 2.28. The number of carbonyl (C=O) groups excluding carboxylic acids is 1. The molecule has 0 aliphatic carbocycles. The average molecular weight is 310 g/mol. The van der Waals surface area contributed by atoms with Gasteiger partial charge in [-0.3, -0.25) is 9.36 Å². The summed E-state index contributed by atoms with van der Waals surface area (Å²) in [5.41, 5.74) is -1.17. The molecule has 0 amide bonds. The zero-order valence-electron chi connectivity index (χ0n) is 12.9. The van der Waals surface area contributed by atoms with Crippen LogP contribution >= 0.6 is 7.60 Å². The first-order valence-corrected chi connectivity index (χ1v) is 8.77. The Bertz CT molecular complexity index is 319.